The minimum atomic E-state index is -0.424. The zero-order chi connectivity index (χ0) is 17.2. The van der Waals surface area contributed by atoms with Crippen LogP contribution < -0.4 is 0 Å². The van der Waals surface area contributed by atoms with Gasteiger partial charge in [-0.2, -0.15) is 10.1 Å². The van der Waals surface area contributed by atoms with Gasteiger partial charge in [-0.1, -0.05) is 11.2 Å². The minimum absolute atomic E-state index is 0.113. The summed E-state index contributed by atoms with van der Waals surface area (Å²) < 4.78 is 12.8. The SMILES string of the molecule is CCn1ccc(C(=O)N2CCO[C@H](c3nc(-c4cccs4)no3)C2)n1. The van der Waals surface area contributed by atoms with Gasteiger partial charge < -0.3 is 14.2 Å². The molecule has 4 rings (SSSR count). The van der Waals surface area contributed by atoms with Gasteiger partial charge in [-0.05, 0) is 24.4 Å². The third-order valence-electron chi connectivity index (χ3n) is 4.00. The highest BCUT2D eigenvalue weighted by Crippen LogP contribution is 2.26. The number of carbonyl (C=O) groups is 1. The molecule has 1 saturated heterocycles. The highest BCUT2D eigenvalue weighted by molar-refractivity contribution is 7.13. The molecule has 4 heterocycles. The van der Waals surface area contributed by atoms with Crippen LogP contribution in [-0.4, -0.2) is 50.4 Å². The lowest BCUT2D eigenvalue weighted by molar-refractivity contribution is -0.0369. The number of nitrogens with zero attached hydrogens (tertiary/aromatic N) is 5. The minimum Gasteiger partial charge on any atom is -0.365 e. The Bertz CT molecular complexity index is 857. The van der Waals surface area contributed by atoms with Crippen molar-refractivity contribution in [3.8, 4) is 10.7 Å². The fourth-order valence-electron chi connectivity index (χ4n) is 2.67. The molecule has 130 valence electrons. The van der Waals surface area contributed by atoms with Crippen LogP contribution in [0, 0.1) is 0 Å². The molecule has 0 bridgehead atoms. The smallest absolute Gasteiger partial charge is 0.274 e. The van der Waals surface area contributed by atoms with Gasteiger partial charge in [0, 0.05) is 19.3 Å². The van der Waals surface area contributed by atoms with E-state index in [2.05, 4.69) is 15.2 Å². The number of amides is 1. The average molecular weight is 359 g/mol. The van der Waals surface area contributed by atoms with E-state index in [4.69, 9.17) is 9.26 Å². The lowest BCUT2D eigenvalue weighted by atomic mass is 10.2. The molecule has 9 heteroatoms. The summed E-state index contributed by atoms with van der Waals surface area (Å²) in [5, 5.41) is 10.2. The van der Waals surface area contributed by atoms with Crippen LogP contribution in [-0.2, 0) is 11.3 Å². The van der Waals surface area contributed by atoms with Gasteiger partial charge in [0.2, 0.25) is 5.82 Å². The summed E-state index contributed by atoms with van der Waals surface area (Å²) in [6.45, 7) is 4.00. The van der Waals surface area contributed by atoms with Crippen molar-refractivity contribution in [3.05, 3.63) is 41.4 Å². The van der Waals surface area contributed by atoms with Crippen LogP contribution in [0.4, 0.5) is 0 Å². The molecule has 0 aliphatic carbocycles. The molecule has 1 fully saturated rings. The number of rotatable bonds is 4. The number of aromatic nitrogens is 4. The van der Waals surface area contributed by atoms with Crippen LogP contribution in [0.15, 0.2) is 34.3 Å². The summed E-state index contributed by atoms with van der Waals surface area (Å²) in [6, 6.07) is 5.60. The van der Waals surface area contributed by atoms with Gasteiger partial charge in [-0.25, -0.2) is 0 Å². The topological polar surface area (TPSA) is 86.3 Å². The second kappa shape index (κ2) is 6.77. The van der Waals surface area contributed by atoms with Crippen molar-refractivity contribution in [2.24, 2.45) is 0 Å². The van der Waals surface area contributed by atoms with Gasteiger partial charge in [-0.3, -0.25) is 9.48 Å². The highest BCUT2D eigenvalue weighted by Gasteiger charge is 2.30. The molecule has 0 N–H and O–H groups in total. The Morgan fingerprint density at radius 2 is 2.36 bits per heavy atom. The molecule has 0 unspecified atom stereocenters. The summed E-state index contributed by atoms with van der Waals surface area (Å²) in [5.74, 6) is 0.817. The molecule has 0 aromatic carbocycles. The van der Waals surface area contributed by atoms with E-state index in [1.165, 1.54) is 0 Å². The van der Waals surface area contributed by atoms with Crippen molar-refractivity contribution in [2.45, 2.75) is 19.6 Å². The third kappa shape index (κ3) is 3.20. The molecule has 0 spiro atoms. The maximum atomic E-state index is 12.6. The van der Waals surface area contributed by atoms with E-state index in [1.807, 2.05) is 24.4 Å². The van der Waals surface area contributed by atoms with Crippen molar-refractivity contribution >= 4 is 17.2 Å². The maximum Gasteiger partial charge on any atom is 0.274 e. The summed E-state index contributed by atoms with van der Waals surface area (Å²) in [5.41, 5.74) is 0.437. The first kappa shape index (κ1) is 16.0. The lowest BCUT2D eigenvalue weighted by Crippen LogP contribution is -2.42. The molecular formula is C16H17N5O3S. The molecule has 1 aliphatic heterocycles. The van der Waals surface area contributed by atoms with Crippen LogP contribution in [0.5, 0.6) is 0 Å². The van der Waals surface area contributed by atoms with Crippen molar-refractivity contribution in [3.63, 3.8) is 0 Å². The quantitative estimate of drug-likeness (QED) is 0.710. The third-order valence-corrected chi connectivity index (χ3v) is 4.86. The largest absolute Gasteiger partial charge is 0.365 e. The molecule has 1 amide bonds. The van der Waals surface area contributed by atoms with E-state index in [1.54, 1.807) is 33.2 Å². The monoisotopic (exact) mass is 359 g/mol. The average Bonchev–Trinajstić information content (AvgIpc) is 3.41. The van der Waals surface area contributed by atoms with E-state index in [9.17, 15) is 4.79 Å². The zero-order valence-corrected chi connectivity index (χ0v) is 14.5. The molecule has 3 aromatic heterocycles. The van der Waals surface area contributed by atoms with Crippen molar-refractivity contribution in [1.82, 2.24) is 24.8 Å². The first-order chi connectivity index (χ1) is 12.2. The van der Waals surface area contributed by atoms with Crippen LogP contribution in [0.1, 0.15) is 29.4 Å². The second-order valence-electron chi connectivity index (χ2n) is 5.60. The van der Waals surface area contributed by atoms with E-state index >= 15 is 0 Å². The van der Waals surface area contributed by atoms with Crippen molar-refractivity contribution in [2.75, 3.05) is 19.7 Å². The Morgan fingerprint density at radius 3 is 3.12 bits per heavy atom. The number of hydrogen-bond donors (Lipinski definition) is 0. The number of morpholine rings is 1. The highest BCUT2D eigenvalue weighted by atomic mass is 32.1. The van der Waals surface area contributed by atoms with Gasteiger partial charge in [0.15, 0.2) is 6.10 Å². The fourth-order valence-corrected chi connectivity index (χ4v) is 3.32. The molecule has 1 atom stereocenters. The molecule has 3 aromatic rings. The van der Waals surface area contributed by atoms with Crippen molar-refractivity contribution < 1.29 is 14.1 Å². The Kier molecular flexibility index (Phi) is 4.33. The summed E-state index contributed by atoms with van der Waals surface area (Å²) in [4.78, 5) is 19.7. The van der Waals surface area contributed by atoms with Gasteiger partial charge in [0.1, 0.15) is 5.69 Å². The summed E-state index contributed by atoms with van der Waals surface area (Å²) in [7, 11) is 0. The molecule has 25 heavy (non-hydrogen) atoms. The van der Waals surface area contributed by atoms with E-state index in [-0.39, 0.29) is 5.91 Å². The number of ether oxygens (including phenoxy) is 1. The lowest BCUT2D eigenvalue weighted by Gasteiger charge is -2.30. The van der Waals surface area contributed by atoms with Crippen LogP contribution in [0.3, 0.4) is 0 Å². The van der Waals surface area contributed by atoms with Crippen LogP contribution in [0.2, 0.25) is 0 Å². The molecule has 8 nitrogen and oxygen atoms in total. The van der Waals surface area contributed by atoms with E-state index in [0.717, 1.165) is 11.4 Å². The summed E-state index contributed by atoms with van der Waals surface area (Å²) in [6.07, 6.45) is 1.38. The Balaban J connectivity index is 1.48. The number of aryl methyl sites for hydroxylation is 1. The first-order valence-corrected chi connectivity index (χ1v) is 8.94. The van der Waals surface area contributed by atoms with Gasteiger partial charge in [-0.15, -0.1) is 11.3 Å². The standard InChI is InChI=1S/C16H17N5O3S/c1-2-21-6-5-11(18-21)16(22)20-7-8-23-12(10-20)15-17-14(19-24-15)13-4-3-9-25-13/h3-6,9,12H,2,7-8,10H2,1H3/t12-/m0/s1. The number of carbonyl (C=O) groups excluding carboxylic acids is 1. The molecule has 0 radical (unpaired) electrons. The number of hydrogen-bond acceptors (Lipinski definition) is 7. The zero-order valence-electron chi connectivity index (χ0n) is 13.7. The van der Waals surface area contributed by atoms with E-state index < -0.39 is 6.10 Å². The number of thiophene rings is 1. The molecular weight excluding hydrogens is 342 g/mol. The Morgan fingerprint density at radius 1 is 1.44 bits per heavy atom. The predicted molar refractivity (Wildman–Crippen MR) is 90.1 cm³/mol. The van der Waals surface area contributed by atoms with E-state index in [0.29, 0.717) is 37.1 Å². The van der Waals surface area contributed by atoms with Gasteiger partial charge in [0.25, 0.3) is 11.8 Å². The van der Waals surface area contributed by atoms with Crippen LogP contribution >= 0.6 is 11.3 Å². The maximum absolute atomic E-state index is 12.6. The predicted octanol–water partition coefficient (Wildman–Crippen LogP) is 2.23. The van der Waals surface area contributed by atoms with Crippen molar-refractivity contribution in [1.29, 1.82) is 0 Å². The van der Waals surface area contributed by atoms with Gasteiger partial charge in [0.05, 0.1) is 18.0 Å². The fraction of sp³-hybridized carbons (Fsp3) is 0.375. The Hall–Kier alpha value is -2.52. The van der Waals surface area contributed by atoms with Gasteiger partial charge >= 0.3 is 0 Å². The second-order valence-corrected chi connectivity index (χ2v) is 6.55. The normalized spacial score (nSPS) is 17.8. The Labute approximate surface area is 148 Å². The molecule has 1 aliphatic rings. The summed E-state index contributed by atoms with van der Waals surface area (Å²) >= 11 is 1.54. The first-order valence-electron chi connectivity index (χ1n) is 8.06. The van der Waals surface area contributed by atoms with Crippen LogP contribution in [0.25, 0.3) is 10.7 Å². The molecule has 0 saturated carbocycles.